The fourth-order valence-corrected chi connectivity index (χ4v) is 1.61. The van der Waals surface area contributed by atoms with Crippen molar-refractivity contribution >= 4 is 28.9 Å². The monoisotopic (exact) mass is 264 g/mol. The summed E-state index contributed by atoms with van der Waals surface area (Å²) in [5, 5.41) is 2.86. The highest BCUT2D eigenvalue weighted by atomic mass is 35.5. The van der Waals surface area contributed by atoms with Crippen LogP contribution in [0.4, 0.5) is 15.8 Å². The van der Waals surface area contributed by atoms with Crippen molar-refractivity contribution in [1.82, 2.24) is 0 Å². The van der Waals surface area contributed by atoms with Gasteiger partial charge in [0.15, 0.2) is 0 Å². The average molecular weight is 265 g/mol. The van der Waals surface area contributed by atoms with E-state index in [9.17, 15) is 9.18 Å². The fourth-order valence-electron chi connectivity index (χ4n) is 1.44. The summed E-state index contributed by atoms with van der Waals surface area (Å²) in [6.45, 7) is 0. The first-order chi connectivity index (χ1) is 8.56. The number of nitrogens with one attached hydrogen (secondary N) is 1. The SMILES string of the molecule is Nc1ccc(NC(=O)c2cc(Cl)ccc2F)cc1. The van der Waals surface area contributed by atoms with Gasteiger partial charge < -0.3 is 11.1 Å². The molecule has 18 heavy (non-hydrogen) atoms. The molecule has 0 aliphatic rings. The van der Waals surface area contributed by atoms with Crippen LogP contribution in [0.25, 0.3) is 0 Å². The molecule has 0 fully saturated rings. The standard InChI is InChI=1S/C13H10ClFN2O/c14-8-1-6-12(15)11(7-8)13(18)17-10-4-2-9(16)3-5-10/h1-7H,16H2,(H,17,18). The largest absolute Gasteiger partial charge is 0.399 e. The zero-order valence-electron chi connectivity index (χ0n) is 9.28. The Kier molecular flexibility index (Phi) is 3.48. The molecule has 1 amide bonds. The summed E-state index contributed by atoms with van der Waals surface area (Å²) in [6, 6.07) is 10.4. The van der Waals surface area contributed by atoms with Gasteiger partial charge >= 0.3 is 0 Å². The topological polar surface area (TPSA) is 55.1 Å². The summed E-state index contributed by atoms with van der Waals surface area (Å²) >= 11 is 5.72. The number of hydrogen-bond donors (Lipinski definition) is 2. The predicted octanol–water partition coefficient (Wildman–Crippen LogP) is 3.31. The van der Waals surface area contributed by atoms with E-state index in [0.717, 1.165) is 6.07 Å². The van der Waals surface area contributed by atoms with Crippen molar-refractivity contribution in [2.45, 2.75) is 0 Å². The summed E-state index contributed by atoms with van der Waals surface area (Å²) < 4.78 is 13.4. The lowest BCUT2D eigenvalue weighted by Gasteiger charge is -2.06. The molecule has 2 aromatic carbocycles. The second kappa shape index (κ2) is 5.06. The van der Waals surface area contributed by atoms with Gasteiger partial charge in [-0.3, -0.25) is 4.79 Å². The maximum Gasteiger partial charge on any atom is 0.258 e. The van der Waals surface area contributed by atoms with E-state index >= 15 is 0 Å². The van der Waals surface area contributed by atoms with Crippen LogP contribution in [0.3, 0.4) is 0 Å². The number of nitrogens with two attached hydrogens (primary N) is 1. The zero-order valence-corrected chi connectivity index (χ0v) is 10.0. The van der Waals surface area contributed by atoms with E-state index in [-0.39, 0.29) is 5.56 Å². The number of amides is 1. The van der Waals surface area contributed by atoms with E-state index in [2.05, 4.69) is 5.32 Å². The molecule has 0 aliphatic heterocycles. The minimum Gasteiger partial charge on any atom is -0.399 e. The van der Waals surface area contributed by atoms with E-state index in [4.69, 9.17) is 17.3 Å². The molecule has 3 N–H and O–H groups in total. The highest BCUT2D eigenvalue weighted by Gasteiger charge is 2.12. The molecule has 0 unspecified atom stereocenters. The van der Waals surface area contributed by atoms with Gasteiger partial charge in [0.1, 0.15) is 5.82 Å². The van der Waals surface area contributed by atoms with Gasteiger partial charge in [-0.1, -0.05) is 11.6 Å². The lowest BCUT2D eigenvalue weighted by molar-refractivity contribution is 0.102. The number of nitrogen functional groups attached to an aromatic ring is 1. The maximum absolute atomic E-state index is 13.4. The molecule has 0 spiro atoms. The number of halogens is 2. The second-order valence-corrected chi connectivity index (χ2v) is 4.14. The molecule has 0 bridgehead atoms. The van der Waals surface area contributed by atoms with Crippen molar-refractivity contribution < 1.29 is 9.18 Å². The molecule has 0 aromatic heterocycles. The Morgan fingerprint density at radius 3 is 2.50 bits per heavy atom. The Morgan fingerprint density at radius 2 is 1.83 bits per heavy atom. The van der Waals surface area contributed by atoms with E-state index in [0.29, 0.717) is 16.4 Å². The Balaban J connectivity index is 2.21. The average Bonchev–Trinajstić information content (AvgIpc) is 2.35. The van der Waals surface area contributed by atoms with Crippen LogP contribution in [0.15, 0.2) is 42.5 Å². The minimum absolute atomic E-state index is 0.0978. The smallest absolute Gasteiger partial charge is 0.258 e. The molecule has 3 nitrogen and oxygen atoms in total. The number of carbonyl (C=O) groups is 1. The molecule has 92 valence electrons. The molecule has 0 aliphatic carbocycles. The Hall–Kier alpha value is -2.07. The van der Waals surface area contributed by atoms with Gasteiger partial charge in [0.05, 0.1) is 5.56 Å². The van der Waals surface area contributed by atoms with Gasteiger partial charge in [-0.25, -0.2) is 4.39 Å². The Labute approximate surface area is 108 Å². The van der Waals surface area contributed by atoms with Crippen LogP contribution in [-0.4, -0.2) is 5.91 Å². The number of rotatable bonds is 2. The van der Waals surface area contributed by atoms with Crippen molar-refractivity contribution in [3.63, 3.8) is 0 Å². The summed E-state index contributed by atoms with van der Waals surface area (Å²) in [4.78, 5) is 11.8. The van der Waals surface area contributed by atoms with Gasteiger partial charge in [-0.05, 0) is 42.5 Å². The highest BCUT2D eigenvalue weighted by molar-refractivity contribution is 6.31. The minimum atomic E-state index is -0.618. The van der Waals surface area contributed by atoms with Crippen LogP contribution >= 0.6 is 11.6 Å². The Bertz CT molecular complexity index is 584. The molecule has 0 saturated heterocycles. The molecule has 2 rings (SSSR count). The number of hydrogen-bond acceptors (Lipinski definition) is 2. The van der Waals surface area contributed by atoms with E-state index < -0.39 is 11.7 Å². The second-order valence-electron chi connectivity index (χ2n) is 3.70. The van der Waals surface area contributed by atoms with Gasteiger partial charge in [-0.2, -0.15) is 0 Å². The van der Waals surface area contributed by atoms with Crippen molar-refractivity contribution in [1.29, 1.82) is 0 Å². The van der Waals surface area contributed by atoms with Gasteiger partial charge in [0, 0.05) is 16.4 Å². The van der Waals surface area contributed by atoms with Gasteiger partial charge in [0.2, 0.25) is 0 Å². The quantitative estimate of drug-likeness (QED) is 0.818. The van der Waals surface area contributed by atoms with Crippen LogP contribution in [-0.2, 0) is 0 Å². The fraction of sp³-hybridized carbons (Fsp3) is 0. The first-order valence-electron chi connectivity index (χ1n) is 5.18. The van der Waals surface area contributed by atoms with E-state index in [1.165, 1.54) is 12.1 Å². The molecule has 5 heteroatoms. The van der Waals surface area contributed by atoms with Crippen LogP contribution in [0.5, 0.6) is 0 Å². The van der Waals surface area contributed by atoms with Crippen LogP contribution in [0.1, 0.15) is 10.4 Å². The van der Waals surface area contributed by atoms with Gasteiger partial charge in [0.25, 0.3) is 5.91 Å². The Morgan fingerprint density at radius 1 is 1.17 bits per heavy atom. The zero-order chi connectivity index (χ0) is 13.1. The number of benzene rings is 2. The molecular formula is C13H10ClFN2O. The highest BCUT2D eigenvalue weighted by Crippen LogP contribution is 2.17. The third-order valence-corrected chi connectivity index (χ3v) is 2.58. The van der Waals surface area contributed by atoms with Crippen molar-refractivity contribution in [3.8, 4) is 0 Å². The summed E-state index contributed by atoms with van der Waals surface area (Å²) in [5.41, 5.74) is 6.55. The molecule has 0 heterocycles. The summed E-state index contributed by atoms with van der Waals surface area (Å²) in [6.07, 6.45) is 0. The number of anilines is 2. The third kappa shape index (κ3) is 2.78. The van der Waals surface area contributed by atoms with E-state index in [1.54, 1.807) is 24.3 Å². The maximum atomic E-state index is 13.4. The predicted molar refractivity (Wildman–Crippen MR) is 70.2 cm³/mol. The number of carbonyl (C=O) groups excluding carboxylic acids is 1. The van der Waals surface area contributed by atoms with E-state index in [1.807, 2.05) is 0 Å². The lowest BCUT2D eigenvalue weighted by Crippen LogP contribution is -2.13. The van der Waals surface area contributed by atoms with Crippen LogP contribution in [0.2, 0.25) is 5.02 Å². The van der Waals surface area contributed by atoms with Crippen molar-refractivity contribution in [2.24, 2.45) is 0 Å². The first-order valence-corrected chi connectivity index (χ1v) is 5.56. The molecule has 0 atom stereocenters. The van der Waals surface area contributed by atoms with Crippen molar-refractivity contribution in [2.75, 3.05) is 11.1 Å². The van der Waals surface area contributed by atoms with Crippen LogP contribution in [0, 0.1) is 5.82 Å². The van der Waals surface area contributed by atoms with Crippen LogP contribution < -0.4 is 11.1 Å². The lowest BCUT2D eigenvalue weighted by atomic mass is 10.2. The molecule has 0 radical (unpaired) electrons. The normalized spacial score (nSPS) is 10.1. The molecular weight excluding hydrogens is 255 g/mol. The molecule has 0 saturated carbocycles. The van der Waals surface area contributed by atoms with Gasteiger partial charge in [-0.15, -0.1) is 0 Å². The summed E-state index contributed by atoms with van der Waals surface area (Å²) in [5.74, 6) is -1.17. The third-order valence-electron chi connectivity index (χ3n) is 2.34. The van der Waals surface area contributed by atoms with Crippen molar-refractivity contribution in [3.05, 3.63) is 58.9 Å². The molecule has 2 aromatic rings. The first kappa shape index (κ1) is 12.4. The summed E-state index contributed by atoms with van der Waals surface area (Å²) in [7, 11) is 0.